The number of carbonyl (C=O) groups is 2. The first-order chi connectivity index (χ1) is 15.9. The van der Waals surface area contributed by atoms with Gasteiger partial charge in [-0.15, -0.1) is 11.3 Å². The Morgan fingerprint density at radius 1 is 1.06 bits per heavy atom. The van der Waals surface area contributed by atoms with E-state index < -0.39 is 17.5 Å². The maximum Gasteiger partial charge on any atom is 0.341 e. The zero-order valence-electron chi connectivity index (χ0n) is 18.3. The van der Waals surface area contributed by atoms with Crippen LogP contribution in [0.25, 0.3) is 22.1 Å². The number of ether oxygens (including phenoxy) is 2. The molecule has 33 heavy (non-hydrogen) atoms. The number of fused-ring (bicyclic) bond motifs is 1. The lowest BCUT2D eigenvalue weighted by atomic mass is 10.0. The maximum atomic E-state index is 12.6. The van der Waals surface area contributed by atoms with Crippen LogP contribution in [-0.2, 0) is 9.53 Å². The number of carbonyl (C=O) groups excluding carboxylic acids is 2. The fraction of sp³-hybridized carbons (Fsp3) is 0.160. The summed E-state index contributed by atoms with van der Waals surface area (Å²) in [5.41, 5.74) is 3.65. The topological polar surface area (TPSA) is 94.8 Å². The fourth-order valence-corrected chi connectivity index (χ4v) is 4.38. The van der Waals surface area contributed by atoms with Gasteiger partial charge in [-0.05, 0) is 37.1 Å². The van der Waals surface area contributed by atoms with Crippen molar-refractivity contribution in [2.45, 2.75) is 13.8 Å². The highest BCUT2D eigenvalue weighted by molar-refractivity contribution is 7.15. The Morgan fingerprint density at radius 3 is 2.55 bits per heavy atom. The van der Waals surface area contributed by atoms with Crippen LogP contribution < -0.4 is 15.7 Å². The van der Waals surface area contributed by atoms with Crippen molar-refractivity contribution in [2.24, 2.45) is 0 Å². The van der Waals surface area contributed by atoms with Crippen LogP contribution in [0.3, 0.4) is 0 Å². The maximum absolute atomic E-state index is 12.6. The number of hydrogen-bond acceptors (Lipinski definition) is 7. The molecule has 1 N–H and O–H groups in total. The van der Waals surface area contributed by atoms with E-state index in [2.05, 4.69) is 5.32 Å². The number of aryl methyl sites for hydroxylation is 2. The van der Waals surface area contributed by atoms with E-state index >= 15 is 0 Å². The summed E-state index contributed by atoms with van der Waals surface area (Å²) in [7, 11) is 1.30. The number of anilines is 1. The van der Waals surface area contributed by atoms with Crippen LogP contribution in [-0.4, -0.2) is 25.6 Å². The van der Waals surface area contributed by atoms with Crippen LogP contribution >= 0.6 is 11.3 Å². The minimum absolute atomic E-state index is 0.292. The monoisotopic (exact) mass is 463 g/mol. The van der Waals surface area contributed by atoms with Crippen LogP contribution in [0.2, 0.25) is 0 Å². The molecule has 168 valence electrons. The third-order valence-corrected chi connectivity index (χ3v) is 5.98. The number of thiophene rings is 1. The molecule has 2 aromatic carbocycles. The van der Waals surface area contributed by atoms with E-state index in [1.165, 1.54) is 24.5 Å². The van der Waals surface area contributed by atoms with Crippen molar-refractivity contribution in [3.8, 4) is 16.9 Å². The van der Waals surface area contributed by atoms with Crippen molar-refractivity contribution >= 4 is 39.2 Å². The quantitative estimate of drug-likeness (QED) is 0.321. The Morgan fingerprint density at radius 2 is 1.82 bits per heavy atom. The first-order valence-corrected chi connectivity index (χ1v) is 11.0. The third-order valence-electron chi connectivity index (χ3n) is 5.09. The van der Waals surface area contributed by atoms with Gasteiger partial charge in [0.05, 0.1) is 7.11 Å². The van der Waals surface area contributed by atoms with Gasteiger partial charge in [0, 0.05) is 28.5 Å². The zero-order chi connectivity index (χ0) is 23.5. The van der Waals surface area contributed by atoms with Gasteiger partial charge in [-0.1, -0.05) is 29.8 Å². The molecule has 0 unspecified atom stereocenters. The van der Waals surface area contributed by atoms with E-state index in [0.717, 1.165) is 22.1 Å². The minimum atomic E-state index is -0.539. The molecule has 8 heteroatoms. The third kappa shape index (κ3) is 4.80. The summed E-state index contributed by atoms with van der Waals surface area (Å²) in [6, 6.07) is 14.2. The van der Waals surface area contributed by atoms with Crippen LogP contribution in [0.4, 0.5) is 5.00 Å². The summed E-state index contributed by atoms with van der Waals surface area (Å²) in [5.74, 6) is -0.600. The molecule has 0 radical (unpaired) electrons. The highest BCUT2D eigenvalue weighted by Gasteiger charge is 2.22. The molecule has 0 atom stereocenters. The van der Waals surface area contributed by atoms with Gasteiger partial charge >= 0.3 is 11.6 Å². The average Bonchev–Trinajstić information content (AvgIpc) is 3.20. The molecule has 1 amide bonds. The second kappa shape index (κ2) is 9.30. The van der Waals surface area contributed by atoms with Crippen LogP contribution in [0, 0.1) is 13.8 Å². The number of benzene rings is 2. The van der Waals surface area contributed by atoms with Gasteiger partial charge in [-0.2, -0.15) is 0 Å². The van der Waals surface area contributed by atoms with Gasteiger partial charge in [0.15, 0.2) is 6.61 Å². The van der Waals surface area contributed by atoms with Crippen molar-refractivity contribution in [3.63, 3.8) is 0 Å². The summed E-state index contributed by atoms with van der Waals surface area (Å²) in [6.45, 7) is 3.51. The Kier molecular flexibility index (Phi) is 6.28. The molecular formula is C25H21NO6S. The SMILES string of the molecule is COC(=O)c1c(-c2ccc(C)cc2)csc1NC(=O)COc1ccc2c(C)cc(=O)oc2c1. The smallest absolute Gasteiger partial charge is 0.341 e. The van der Waals surface area contributed by atoms with E-state index in [1.54, 1.807) is 23.6 Å². The molecule has 4 rings (SSSR count). The molecule has 0 fully saturated rings. The first kappa shape index (κ1) is 22.3. The summed E-state index contributed by atoms with van der Waals surface area (Å²) < 4.78 is 15.7. The Labute approximate surface area is 193 Å². The molecule has 0 aliphatic rings. The molecule has 2 aromatic heterocycles. The molecule has 0 bridgehead atoms. The highest BCUT2D eigenvalue weighted by atomic mass is 32.1. The number of hydrogen-bond donors (Lipinski definition) is 1. The second-order valence-electron chi connectivity index (χ2n) is 7.45. The summed E-state index contributed by atoms with van der Waals surface area (Å²) >= 11 is 1.24. The van der Waals surface area contributed by atoms with Crippen molar-refractivity contribution in [1.82, 2.24) is 0 Å². The van der Waals surface area contributed by atoms with Gasteiger partial charge in [0.1, 0.15) is 21.9 Å². The van der Waals surface area contributed by atoms with Gasteiger partial charge in [0.2, 0.25) is 0 Å². The Balaban J connectivity index is 1.51. The largest absolute Gasteiger partial charge is 0.484 e. The van der Waals surface area contributed by atoms with Crippen molar-refractivity contribution in [2.75, 3.05) is 19.0 Å². The number of amides is 1. The number of methoxy groups -OCH3 is 1. The fourth-order valence-electron chi connectivity index (χ4n) is 3.41. The van der Waals surface area contributed by atoms with Gasteiger partial charge in [-0.25, -0.2) is 9.59 Å². The summed E-state index contributed by atoms with van der Waals surface area (Å²) in [4.78, 5) is 36.6. The zero-order valence-corrected chi connectivity index (χ0v) is 19.1. The molecule has 0 saturated carbocycles. The molecule has 0 aliphatic carbocycles. The second-order valence-corrected chi connectivity index (χ2v) is 8.33. The lowest BCUT2D eigenvalue weighted by Crippen LogP contribution is -2.21. The van der Waals surface area contributed by atoms with Crippen LogP contribution in [0.5, 0.6) is 5.75 Å². The molecule has 0 spiro atoms. The molecular weight excluding hydrogens is 442 g/mol. The van der Waals surface area contributed by atoms with E-state index in [1.807, 2.05) is 38.1 Å². The van der Waals surface area contributed by atoms with Crippen molar-refractivity contribution in [3.05, 3.63) is 81.0 Å². The summed E-state index contributed by atoms with van der Waals surface area (Å²) in [6.07, 6.45) is 0. The Bertz CT molecular complexity index is 1400. The number of nitrogens with one attached hydrogen (secondary N) is 1. The summed E-state index contributed by atoms with van der Waals surface area (Å²) in [5, 5.41) is 5.71. The standard InChI is InChI=1S/C25H21NO6S/c1-14-4-6-16(7-5-14)19-13-33-24(23(19)25(29)30-3)26-21(27)12-31-17-8-9-18-15(2)10-22(28)32-20(18)11-17/h4-11,13H,12H2,1-3H3,(H,26,27). The molecule has 0 aliphatic heterocycles. The molecule has 2 heterocycles. The van der Waals surface area contributed by atoms with Crippen LogP contribution in [0.1, 0.15) is 21.5 Å². The van der Waals surface area contributed by atoms with E-state index in [9.17, 15) is 14.4 Å². The number of esters is 1. The predicted molar refractivity (Wildman–Crippen MR) is 127 cm³/mol. The van der Waals surface area contributed by atoms with Crippen molar-refractivity contribution < 1.29 is 23.5 Å². The van der Waals surface area contributed by atoms with E-state index in [4.69, 9.17) is 13.9 Å². The van der Waals surface area contributed by atoms with Gasteiger partial charge in [0.25, 0.3) is 5.91 Å². The van der Waals surface area contributed by atoms with Gasteiger partial charge in [-0.3, -0.25) is 4.79 Å². The molecule has 4 aromatic rings. The lowest BCUT2D eigenvalue weighted by molar-refractivity contribution is -0.118. The lowest BCUT2D eigenvalue weighted by Gasteiger charge is -2.10. The predicted octanol–water partition coefficient (Wildman–Crippen LogP) is 4.94. The van der Waals surface area contributed by atoms with Crippen molar-refractivity contribution in [1.29, 1.82) is 0 Å². The van der Waals surface area contributed by atoms with E-state index in [0.29, 0.717) is 27.5 Å². The molecule has 0 saturated heterocycles. The normalized spacial score (nSPS) is 10.8. The Hall–Kier alpha value is -3.91. The molecule has 7 nitrogen and oxygen atoms in total. The van der Waals surface area contributed by atoms with E-state index in [-0.39, 0.29) is 6.61 Å². The first-order valence-electron chi connectivity index (χ1n) is 10.1. The average molecular weight is 464 g/mol. The van der Waals surface area contributed by atoms with Gasteiger partial charge < -0.3 is 19.2 Å². The highest BCUT2D eigenvalue weighted by Crippen LogP contribution is 2.36. The van der Waals surface area contributed by atoms with Crippen LogP contribution in [0.15, 0.2) is 63.1 Å². The minimum Gasteiger partial charge on any atom is -0.484 e. The number of rotatable bonds is 6.